The predicted molar refractivity (Wildman–Crippen MR) is 76.6 cm³/mol. The number of rotatable bonds is 5. The van der Waals surface area contributed by atoms with Crippen molar-refractivity contribution in [2.75, 3.05) is 18.4 Å². The lowest BCUT2D eigenvalue weighted by Gasteiger charge is -2.10. The highest BCUT2D eigenvalue weighted by Gasteiger charge is 2.32. The van der Waals surface area contributed by atoms with Crippen molar-refractivity contribution in [2.24, 2.45) is 0 Å². The lowest BCUT2D eigenvalue weighted by atomic mass is 10.1. The minimum absolute atomic E-state index is 0.0339. The van der Waals surface area contributed by atoms with E-state index < -0.39 is 22.4 Å². The summed E-state index contributed by atoms with van der Waals surface area (Å²) in [5.74, 6) is -0.270. The molecule has 0 bridgehead atoms. The minimum Gasteiger partial charge on any atom is -0.378 e. The third-order valence-electron chi connectivity index (χ3n) is 2.34. The van der Waals surface area contributed by atoms with E-state index in [-0.39, 0.29) is 24.7 Å². The van der Waals surface area contributed by atoms with Crippen LogP contribution in [0.1, 0.15) is 26.3 Å². The molecule has 2 N–H and O–H groups in total. The highest BCUT2D eigenvalue weighted by atomic mass is 19.4. The summed E-state index contributed by atoms with van der Waals surface area (Å²) in [7, 11) is 0. The Morgan fingerprint density at radius 3 is 2.32 bits per heavy atom. The average Bonchev–Trinajstić information content (AvgIpc) is 2.44. The molecule has 0 aliphatic carbocycles. The van der Waals surface area contributed by atoms with Crippen LogP contribution in [0.3, 0.4) is 0 Å². The van der Waals surface area contributed by atoms with Crippen molar-refractivity contribution in [2.45, 2.75) is 26.9 Å². The van der Waals surface area contributed by atoms with E-state index in [1.54, 1.807) is 0 Å². The molecule has 1 rings (SSSR count). The number of nitrogens with zero attached hydrogens (tertiary/aromatic N) is 1. The number of nitrogens with one attached hydrogen (secondary N) is 2. The molecule has 124 valence electrons. The van der Waals surface area contributed by atoms with E-state index in [1.165, 1.54) is 6.92 Å². The molecule has 0 saturated carbocycles. The Kier molecular flexibility index (Phi) is 7.92. The molecule has 0 aromatic heterocycles. The van der Waals surface area contributed by atoms with Gasteiger partial charge in [0.05, 0.1) is 10.5 Å². The first kappa shape index (κ1) is 19.7. The summed E-state index contributed by atoms with van der Waals surface area (Å²) in [5, 5.41) is 15.8. The number of hydrogen-bond donors (Lipinski definition) is 2. The molecule has 0 saturated heterocycles. The molecule has 0 unspecified atom stereocenters. The zero-order valence-electron chi connectivity index (χ0n) is 12.5. The third-order valence-corrected chi connectivity index (χ3v) is 2.34. The monoisotopic (exact) mass is 321 g/mol. The summed E-state index contributed by atoms with van der Waals surface area (Å²) in [6.45, 7) is 5.67. The van der Waals surface area contributed by atoms with Gasteiger partial charge < -0.3 is 10.6 Å². The Hall–Kier alpha value is -2.32. The van der Waals surface area contributed by atoms with Gasteiger partial charge in [-0.1, -0.05) is 13.8 Å². The smallest absolute Gasteiger partial charge is 0.378 e. The molecule has 0 aliphatic heterocycles. The molecule has 6 nitrogen and oxygen atoms in total. The summed E-state index contributed by atoms with van der Waals surface area (Å²) < 4.78 is 37.4. The van der Waals surface area contributed by atoms with Gasteiger partial charge in [-0.25, -0.2) is 0 Å². The van der Waals surface area contributed by atoms with E-state index in [0.29, 0.717) is 6.07 Å². The Labute approximate surface area is 125 Å². The lowest BCUT2D eigenvalue weighted by Crippen LogP contribution is -2.26. The van der Waals surface area contributed by atoms with Crippen LogP contribution in [0.4, 0.5) is 24.5 Å². The van der Waals surface area contributed by atoms with Gasteiger partial charge in [-0.15, -0.1) is 0 Å². The van der Waals surface area contributed by atoms with Gasteiger partial charge in [-0.2, -0.15) is 13.2 Å². The largest absolute Gasteiger partial charge is 0.416 e. The predicted octanol–water partition coefficient (Wildman–Crippen LogP) is 3.19. The number of amides is 1. The molecule has 9 heteroatoms. The van der Waals surface area contributed by atoms with Gasteiger partial charge in [0, 0.05) is 26.1 Å². The maximum atomic E-state index is 12.5. The standard InChI is InChI=1S/C11H12F3N3O3.C2H6/c1-7(18)15-4-5-16-9-3-2-8(11(12,13)14)6-10(9)17(19)20;1-2/h2-3,6,16H,4-5H2,1H3,(H,15,18);1-2H3. The Bertz CT molecular complexity index is 519. The fraction of sp³-hybridized carbons (Fsp3) is 0.462. The molecule has 22 heavy (non-hydrogen) atoms. The van der Waals surface area contributed by atoms with E-state index in [4.69, 9.17) is 0 Å². The normalized spacial score (nSPS) is 10.3. The zero-order chi connectivity index (χ0) is 17.3. The molecule has 0 aliphatic rings. The average molecular weight is 321 g/mol. The minimum atomic E-state index is -4.64. The number of nitro groups is 1. The first-order chi connectivity index (χ1) is 10.2. The fourth-order valence-corrected chi connectivity index (χ4v) is 1.44. The van der Waals surface area contributed by atoms with Gasteiger partial charge in [0.2, 0.25) is 5.91 Å². The van der Waals surface area contributed by atoms with Gasteiger partial charge in [0.1, 0.15) is 5.69 Å². The van der Waals surface area contributed by atoms with Crippen molar-refractivity contribution in [3.8, 4) is 0 Å². The van der Waals surface area contributed by atoms with Crippen LogP contribution in [0.5, 0.6) is 0 Å². The van der Waals surface area contributed by atoms with Crippen LogP contribution < -0.4 is 10.6 Å². The molecule has 0 radical (unpaired) electrons. The summed E-state index contributed by atoms with van der Waals surface area (Å²) >= 11 is 0. The van der Waals surface area contributed by atoms with Crippen molar-refractivity contribution < 1.29 is 22.9 Å². The Balaban J connectivity index is 0.00000211. The molecule has 0 heterocycles. The van der Waals surface area contributed by atoms with Crippen molar-refractivity contribution >= 4 is 17.3 Å². The van der Waals surface area contributed by atoms with E-state index >= 15 is 0 Å². The molecule has 0 fully saturated rings. The van der Waals surface area contributed by atoms with Crippen molar-refractivity contribution in [1.82, 2.24) is 5.32 Å². The first-order valence-electron chi connectivity index (χ1n) is 6.55. The van der Waals surface area contributed by atoms with Gasteiger partial charge in [-0.3, -0.25) is 14.9 Å². The number of alkyl halides is 3. The van der Waals surface area contributed by atoms with Crippen LogP contribution in [0.2, 0.25) is 0 Å². The molecular formula is C13H18F3N3O3. The van der Waals surface area contributed by atoms with Crippen LogP contribution in [-0.2, 0) is 11.0 Å². The van der Waals surface area contributed by atoms with Crippen LogP contribution in [0.25, 0.3) is 0 Å². The number of halogens is 3. The Morgan fingerprint density at radius 2 is 1.86 bits per heavy atom. The molecule has 0 spiro atoms. The number of hydrogen-bond acceptors (Lipinski definition) is 4. The van der Waals surface area contributed by atoms with E-state index in [9.17, 15) is 28.1 Å². The molecule has 1 aromatic rings. The molecular weight excluding hydrogens is 303 g/mol. The van der Waals surface area contributed by atoms with Crippen molar-refractivity contribution in [3.05, 3.63) is 33.9 Å². The summed E-state index contributed by atoms with van der Waals surface area (Å²) in [6, 6.07) is 2.23. The topological polar surface area (TPSA) is 84.3 Å². The number of benzene rings is 1. The Morgan fingerprint density at radius 1 is 1.27 bits per heavy atom. The maximum Gasteiger partial charge on any atom is 0.416 e. The lowest BCUT2D eigenvalue weighted by molar-refractivity contribution is -0.384. The first-order valence-corrected chi connectivity index (χ1v) is 6.55. The number of nitro benzene ring substituents is 1. The van der Waals surface area contributed by atoms with Gasteiger partial charge in [0.25, 0.3) is 5.69 Å². The quantitative estimate of drug-likeness (QED) is 0.495. The zero-order valence-corrected chi connectivity index (χ0v) is 12.5. The summed E-state index contributed by atoms with van der Waals surface area (Å²) in [6.07, 6.45) is -4.64. The van der Waals surface area contributed by atoms with E-state index in [0.717, 1.165) is 12.1 Å². The van der Waals surface area contributed by atoms with Crippen LogP contribution in [0.15, 0.2) is 18.2 Å². The van der Waals surface area contributed by atoms with Gasteiger partial charge >= 0.3 is 6.18 Å². The van der Waals surface area contributed by atoms with Crippen LogP contribution in [0, 0.1) is 10.1 Å². The van der Waals surface area contributed by atoms with Gasteiger partial charge in [-0.05, 0) is 12.1 Å². The van der Waals surface area contributed by atoms with E-state index in [2.05, 4.69) is 10.6 Å². The second-order valence-corrected chi connectivity index (χ2v) is 3.90. The van der Waals surface area contributed by atoms with Crippen molar-refractivity contribution in [1.29, 1.82) is 0 Å². The van der Waals surface area contributed by atoms with Crippen LogP contribution >= 0.6 is 0 Å². The second kappa shape index (κ2) is 8.85. The third kappa shape index (κ3) is 6.42. The number of anilines is 1. The molecule has 1 aromatic carbocycles. The van der Waals surface area contributed by atoms with Crippen LogP contribution in [-0.4, -0.2) is 23.9 Å². The summed E-state index contributed by atoms with van der Waals surface area (Å²) in [4.78, 5) is 20.5. The highest BCUT2D eigenvalue weighted by molar-refractivity contribution is 5.72. The number of carbonyl (C=O) groups excluding carboxylic acids is 1. The highest BCUT2D eigenvalue weighted by Crippen LogP contribution is 2.34. The molecule has 0 atom stereocenters. The van der Waals surface area contributed by atoms with E-state index in [1.807, 2.05) is 13.8 Å². The second-order valence-electron chi connectivity index (χ2n) is 3.90. The maximum absolute atomic E-state index is 12.5. The molecule has 1 amide bonds. The van der Waals surface area contributed by atoms with Gasteiger partial charge in [0.15, 0.2) is 0 Å². The van der Waals surface area contributed by atoms with Crippen molar-refractivity contribution in [3.63, 3.8) is 0 Å². The SMILES string of the molecule is CC.CC(=O)NCCNc1ccc(C(F)(F)F)cc1[N+](=O)[O-]. The summed E-state index contributed by atoms with van der Waals surface area (Å²) in [5.41, 5.74) is -1.78. The number of carbonyl (C=O) groups is 1. The fourth-order valence-electron chi connectivity index (χ4n) is 1.44.